The Kier molecular flexibility index (Phi) is 3.84. The smallest absolute Gasteiger partial charge is 0.270 e. The van der Waals surface area contributed by atoms with E-state index >= 15 is 0 Å². The lowest BCUT2D eigenvalue weighted by Gasteiger charge is -2.01. The fraction of sp³-hybridized carbons (Fsp3) is 0.467. The number of amides is 1. The number of thiophene rings is 1. The Labute approximate surface area is 145 Å². The average Bonchev–Trinajstić information content (AvgIpc) is 2.97. The summed E-state index contributed by atoms with van der Waals surface area (Å²) in [4.78, 5) is 31.1. The van der Waals surface area contributed by atoms with Crippen molar-refractivity contribution in [2.75, 3.05) is 6.26 Å². The van der Waals surface area contributed by atoms with Crippen molar-refractivity contribution in [1.82, 2.24) is 19.2 Å². The highest BCUT2D eigenvalue weighted by atomic mass is 32.2. The van der Waals surface area contributed by atoms with E-state index in [-0.39, 0.29) is 12.1 Å². The van der Waals surface area contributed by atoms with Crippen molar-refractivity contribution in [2.45, 2.75) is 43.8 Å². The number of aromatic nitrogens is 4. The zero-order chi connectivity index (χ0) is 16.8. The van der Waals surface area contributed by atoms with Gasteiger partial charge in [-0.1, -0.05) is 18.2 Å². The summed E-state index contributed by atoms with van der Waals surface area (Å²) in [6.07, 6.45) is 7.26. The average molecular weight is 363 g/mol. The number of carbonyl (C=O) groups is 1. The van der Waals surface area contributed by atoms with Crippen molar-refractivity contribution in [1.29, 1.82) is 0 Å². The summed E-state index contributed by atoms with van der Waals surface area (Å²) in [7, 11) is 0. The molecule has 0 saturated carbocycles. The van der Waals surface area contributed by atoms with Crippen LogP contribution in [0.3, 0.4) is 0 Å². The van der Waals surface area contributed by atoms with Crippen LogP contribution < -0.4 is 11.3 Å². The third-order valence-electron chi connectivity index (χ3n) is 4.34. The Bertz CT molecular complexity index is 1020. The highest BCUT2D eigenvalue weighted by Crippen LogP contribution is 2.33. The number of thioether (sulfide) groups is 1. The number of nitrogens with zero attached hydrogens (tertiary/aromatic N) is 4. The molecule has 0 bridgehead atoms. The SMILES string of the molecule is CSc1nn(CC(N)=O)c2nc3sc4c(c3c(=O)n12)CCCCC4. The van der Waals surface area contributed by atoms with Crippen LogP contribution in [0.25, 0.3) is 16.0 Å². The summed E-state index contributed by atoms with van der Waals surface area (Å²) in [6.45, 7) is -0.0902. The van der Waals surface area contributed by atoms with Crippen LogP contribution >= 0.6 is 23.1 Å². The van der Waals surface area contributed by atoms with E-state index in [0.717, 1.165) is 41.5 Å². The van der Waals surface area contributed by atoms with Gasteiger partial charge in [-0.05, 0) is 37.5 Å². The van der Waals surface area contributed by atoms with Crippen molar-refractivity contribution in [2.24, 2.45) is 5.73 Å². The molecule has 0 spiro atoms. The number of hydrogen-bond donors (Lipinski definition) is 1. The van der Waals surface area contributed by atoms with Gasteiger partial charge in [-0.3, -0.25) is 9.59 Å². The molecule has 3 aromatic heterocycles. The van der Waals surface area contributed by atoms with E-state index in [4.69, 9.17) is 5.73 Å². The molecule has 0 aliphatic heterocycles. The fourth-order valence-electron chi connectivity index (χ4n) is 3.30. The number of aryl methyl sites for hydroxylation is 2. The largest absolute Gasteiger partial charge is 0.368 e. The molecule has 3 aromatic rings. The van der Waals surface area contributed by atoms with Crippen molar-refractivity contribution < 1.29 is 4.79 Å². The Morgan fingerprint density at radius 2 is 2.12 bits per heavy atom. The number of carbonyl (C=O) groups excluding carboxylic acids is 1. The van der Waals surface area contributed by atoms with Gasteiger partial charge in [0, 0.05) is 4.88 Å². The Hall–Kier alpha value is -1.87. The molecule has 1 aliphatic rings. The molecule has 1 aliphatic carbocycles. The first-order valence-electron chi connectivity index (χ1n) is 7.86. The lowest BCUT2D eigenvalue weighted by atomic mass is 10.1. The van der Waals surface area contributed by atoms with Gasteiger partial charge in [-0.15, -0.1) is 16.4 Å². The van der Waals surface area contributed by atoms with Crippen LogP contribution in [0, 0.1) is 0 Å². The minimum absolute atomic E-state index is 0.0885. The number of nitrogens with two attached hydrogens (primary N) is 1. The highest BCUT2D eigenvalue weighted by molar-refractivity contribution is 7.98. The lowest BCUT2D eigenvalue weighted by Crippen LogP contribution is -2.21. The molecule has 0 atom stereocenters. The van der Waals surface area contributed by atoms with Crippen molar-refractivity contribution >= 4 is 45.0 Å². The molecular formula is C15H17N5O2S2. The molecular weight excluding hydrogens is 346 g/mol. The third kappa shape index (κ3) is 2.34. The van der Waals surface area contributed by atoms with E-state index in [1.807, 2.05) is 6.26 Å². The van der Waals surface area contributed by atoms with Crippen LogP contribution in [0.15, 0.2) is 9.95 Å². The first kappa shape index (κ1) is 15.6. The maximum Gasteiger partial charge on any atom is 0.270 e. The Morgan fingerprint density at radius 3 is 2.88 bits per heavy atom. The maximum atomic E-state index is 13.2. The van der Waals surface area contributed by atoms with Crippen LogP contribution in [0.1, 0.15) is 29.7 Å². The topological polar surface area (TPSA) is 95.3 Å². The summed E-state index contributed by atoms with van der Waals surface area (Å²) >= 11 is 2.95. The second kappa shape index (κ2) is 5.89. The van der Waals surface area contributed by atoms with Crippen LogP contribution in [0.2, 0.25) is 0 Å². The van der Waals surface area contributed by atoms with E-state index in [1.165, 1.54) is 32.1 Å². The number of primary amides is 1. The molecule has 126 valence electrons. The zero-order valence-electron chi connectivity index (χ0n) is 13.2. The molecule has 2 N–H and O–H groups in total. The van der Waals surface area contributed by atoms with Gasteiger partial charge in [0.25, 0.3) is 5.56 Å². The van der Waals surface area contributed by atoms with E-state index in [1.54, 1.807) is 11.3 Å². The first-order valence-corrected chi connectivity index (χ1v) is 9.90. The van der Waals surface area contributed by atoms with Gasteiger partial charge in [0.15, 0.2) is 5.16 Å². The summed E-state index contributed by atoms with van der Waals surface area (Å²) in [5.41, 5.74) is 6.37. The maximum absolute atomic E-state index is 13.2. The second-order valence-electron chi connectivity index (χ2n) is 5.91. The van der Waals surface area contributed by atoms with Gasteiger partial charge < -0.3 is 5.73 Å². The van der Waals surface area contributed by atoms with Crippen LogP contribution in [0.5, 0.6) is 0 Å². The van der Waals surface area contributed by atoms with Gasteiger partial charge in [0.1, 0.15) is 11.4 Å². The molecule has 24 heavy (non-hydrogen) atoms. The van der Waals surface area contributed by atoms with Gasteiger partial charge in [0.2, 0.25) is 11.7 Å². The quantitative estimate of drug-likeness (QED) is 0.563. The van der Waals surface area contributed by atoms with Gasteiger partial charge in [-0.25, -0.2) is 14.1 Å². The van der Waals surface area contributed by atoms with Gasteiger partial charge >= 0.3 is 0 Å². The molecule has 7 nitrogen and oxygen atoms in total. The highest BCUT2D eigenvalue weighted by Gasteiger charge is 2.23. The van der Waals surface area contributed by atoms with Crippen molar-refractivity contribution in [3.05, 3.63) is 20.8 Å². The zero-order valence-corrected chi connectivity index (χ0v) is 14.9. The summed E-state index contributed by atoms with van der Waals surface area (Å²) in [5, 5.41) is 5.58. The number of hydrogen-bond acceptors (Lipinski definition) is 6. The van der Waals surface area contributed by atoms with Crippen molar-refractivity contribution in [3.8, 4) is 0 Å². The van der Waals surface area contributed by atoms with Gasteiger partial charge in [-0.2, -0.15) is 0 Å². The molecule has 4 rings (SSSR count). The molecule has 0 aromatic carbocycles. The molecule has 3 heterocycles. The lowest BCUT2D eigenvalue weighted by molar-refractivity contribution is -0.118. The van der Waals surface area contributed by atoms with Crippen LogP contribution in [-0.4, -0.2) is 31.3 Å². The minimum Gasteiger partial charge on any atom is -0.368 e. The van der Waals surface area contributed by atoms with Crippen LogP contribution in [0.4, 0.5) is 0 Å². The minimum atomic E-state index is -0.510. The normalized spacial score (nSPS) is 14.9. The molecule has 0 unspecified atom stereocenters. The third-order valence-corrected chi connectivity index (χ3v) is 6.15. The first-order chi connectivity index (χ1) is 11.6. The molecule has 0 radical (unpaired) electrons. The second-order valence-corrected chi connectivity index (χ2v) is 7.76. The standard InChI is InChI=1S/C15H17N5O2S2/c1-23-15-18-19(7-10(16)21)14-17-12-11(13(22)20(14)15)8-5-3-2-4-6-9(8)24-12/h2-7H2,1H3,(H2,16,21). The molecule has 0 saturated heterocycles. The van der Waals surface area contributed by atoms with E-state index in [0.29, 0.717) is 10.9 Å². The van der Waals surface area contributed by atoms with E-state index in [2.05, 4.69) is 10.1 Å². The predicted octanol–water partition coefficient (Wildman–Crippen LogP) is 1.58. The summed E-state index contributed by atoms with van der Waals surface area (Å²) in [6, 6.07) is 0. The van der Waals surface area contributed by atoms with E-state index in [9.17, 15) is 9.59 Å². The Morgan fingerprint density at radius 1 is 1.33 bits per heavy atom. The predicted molar refractivity (Wildman–Crippen MR) is 94.9 cm³/mol. The number of rotatable bonds is 3. The van der Waals surface area contributed by atoms with Gasteiger partial charge in [0.05, 0.1) is 5.39 Å². The monoisotopic (exact) mass is 363 g/mol. The molecule has 0 fully saturated rings. The fourth-order valence-corrected chi connectivity index (χ4v) is 5.07. The Balaban J connectivity index is 2.06. The van der Waals surface area contributed by atoms with E-state index < -0.39 is 5.91 Å². The molecule has 9 heteroatoms. The molecule has 1 amide bonds. The van der Waals surface area contributed by atoms with Crippen LogP contribution in [-0.2, 0) is 24.2 Å². The number of fused-ring (bicyclic) bond motifs is 4. The van der Waals surface area contributed by atoms with Crippen molar-refractivity contribution in [3.63, 3.8) is 0 Å². The summed E-state index contributed by atoms with van der Waals surface area (Å²) < 4.78 is 2.92. The summed E-state index contributed by atoms with van der Waals surface area (Å²) in [5.74, 6) is -0.129.